The Morgan fingerprint density at radius 3 is 2.78 bits per heavy atom. The molecule has 0 aliphatic heterocycles. The van der Waals surface area contributed by atoms with Gasteiger partial charge in [0.15, 0.2) is 5.82 Å². The summed E-state index contributed by atoms with van der Waals surface area (Å²) in [6.07, 6.45) is 5.24. The Labute approximate surface area is 158 Å². The highest BCUT2D eigenvalue weighted by molar-refractivity contribution is 5.73. The first-order chi connectivity index (χ1) is 12.9. The molecule has 1 saturated carbocycles. The molecule has 3 rings (SSSR count). The maximum absolute atomic E-state index is 13.0. The highest BCUT2D eigenvalue weighted by atomic mass is 16.1. The second kappa shape index (κ2) is 7.77. The van der Waals surface area contributed by atoms with E-state index in [2.05, 4.69) is 20.6 Å². The van der Waals surface area contributed by atoms with Crippen molar-refractivity contribution in [1.82, 2.24) is 19.9 Å². The first kappa shape index (κ1) is 18.9. The van der Waals surface area contributed by atoms with Gasteiger partial charge in [-0.2, -0.15) is 0 Å². The van der Waals surface area contributed by atoms with E-state index in [1.165, 1.54) is 24.3 Å². The highest BCUT2D eigenvalue weighted by Gasteiger charge is 2.21. The second-order valence-electron chi connectivity index (χ2n) is 7.09. The number of nitrogens with two attached hydrogens (primary N) is 1. The lowest BCUT2D eigenvalue weighted by molar-refractivity contribution is -0.119. The number of aryl methyl sites for hydroxylation is 2. The van der Waals surface area contributed by atoms with Crippen molar-refractivity contribution in [2.45, 2.75) is 46.6 Å². The number of nitrogens with zero attached hydrogens (tertiary/aromatic N) is 3. The van der Waals surface area contributed by atoms with Crippen molar-refractivity contribution in [2.75, 3.05) is 17.6 Å². The lowest BCUT2D eigenvalue weighted by Crippen LogP contribution is -2.27. The number of nitrogens with one attached hydrogen (secondary N) is 2. The molecule has 27 heavy (non-hydrogen) atoms. The van der Waals surface area contributed by atoms with E-state index in [4.69, 9.17) is 5.73 Å². The Kier molecular flexibility index (Phi) is 5.43. The fourth-order valence-electron chi connectivity index (χ4n) is 2.99. The van der Waals surface area contributed by atoms with E-state index >= 15 is 0 Å². The number of nitrogen functional groups attached to an aromatic ring is 1. The van der Waals surface area contributed by atoms with Crippen LogP contribution in [0, 0.1) is 19.8 Å². The summed E-state index contributed by atoms with van der Waals surface area (Å²) >= 11 is 0. The third-order valence-electron chi connectivity index (χ3n) is 4.78. The molecule has 1 fully saturated rings. The van der Waals surface area contributed by atoms with E-state index in [1.807, 2.05) is 6.92 Å². The summed E-state index contributed by atoms with van der Waals surface area (Å²) in [6.45, 7) is 6.13. The lowest BCUT2D eigenvalue weighted by Gasteiger charge is -2.16. The maximum Gasteiger partial charge on any atom is 0.298 e. The number of aromatic nitrogens is 3. The molecule has 4 N–H and O–H groups in total. The normalized spacial score (nSPS) is 13.4. The summed E-state index contributed by atoms with van der Waals surface area (Å²) < 4.78 is 1.52. The van der Waals surface area contributed by atoms with Crippen LogP contribution in [0.3, 0.4) is 0 Å². The first-order valence-corrected chi connectivity index (χ1v) is 9.20. The number of hydrogen-bond acceptors (Lipinski definition) is 6. The Bertz CT molecular complexity index is 917. The van der Waals surface area contributed by atoms with Crippen molar-refractivity contribution in [1.29, 1.82) is 0 Å². The Hall–Kier alpha value is -2.90. The number of carbonyl (C=O) groups excluding carboxylic acids is 1. The van der Waals surface area contributed by atoms with Crippen LogP contribution in [-0.2, 0) is 11.3 Å². The SMILES string of the molecule is CC(=O)NCc1cc(-n2c(C)cnc(NCCC3CC3)c2=O)c(N)nc1C. The number of hydrogen-bond donors (Lipinski definition) is 3. The molecule has 1 aliphatic rings. The van der Waals surface area contributed by atoms with Crippen LogP contribution >= 0.6 is 0 Å². The van der Waals surface area contributed by atoms with Crippen molar-refractivity contribution in [3.05, 3.63) is 39.6 Å². The molecule has 0 aromatic carbocycles. The van der Waals surface area contributed by atoms with Gasteiger partial charge in [-0.25, -0.2) is 9.97 Å². The number of anilines is 2. The topological polar surface area (TPSA) is 115 Å². The molecule has 2 aromatic heterocycles. The average Bonchev–Trinajstić information content (AvgIpc) is 3.42. The van der Waals surface area contributed by atoms with Crippen molar-refractivity contribution in [2.24, 2.45) is 5.92 Å². The zero-order valence-electron chi connectivity index (χ0n) is 16.0. The first-order valence-electron chi connectivity index (χ1n) is 9.20. The van der Waals surface area contributed by atoms with Gasteiger partial charge in [0.05, 0.1) is 5.69 Å². The Balaban J connectivity index is 1.95. The smallest absolute Gasteiger partial charge is 0.298 e. The van der Waals surface area contributed by atoms with E-state index < -0.39 is 0 Å². The molecule has 0 radical (unpaired) electrons. The lowest BCUT2D eigenvalue weighted by atomic mass is 10.1. The molecule has 0 spiro atoms. The molecule has 1 amide bonds. The predicted octanol–water partition coefficient (Wildman–Crippen LogP) is 1.67. The summed E-state index contributed by atoms with van der Waals surface area (Å²) in [5.74, 6) is 1.22. The third kappa shape index (κ3) is 4.45. The van der Waals surface area contributed by atoms with Gasteiger partial charge in [0.25, 0.3) is 5.56 Å². The van der Waals surface area contributed by atoms with Gasteiger partial charge in [-0.3, -0.25) is 14.2 Å². The van der Waals surface area contributed by atoms with E-state index in [9.17, 15) is 9.59 Å². The van der Waals surface area contributed by atoms with Crippen LogP contribution in [0.1, 0.15) is 43.1 Å². The summed E-state index contributed by atoms with van der Waals surface area (Å²) in [6, 6.07) is 1.80. The largest absolute Gasteiger partial charge is 0.382 e. The predicted molar refractivity (Wildman–Crippen MR) is 105 cm³/mol. The minimum absolute atomic E-state index is 0.132. The third-order valence-corrected chi connectivity index (χ3v) is 4.78. The van der Waals surface area contributed by atoms with Crippen LogP contribution in [-0.4, -0.2) is 27.0 Å². The van der Waals surface area contributed by atoms with Crippen LogP contribution < -0.4 is 21.9 Å². The van der Waals surface area contributed by atoms with Crippen LogP contribution in [0.4, 0.5) is 11.6 Å². The zero-order valence-corrected chi connectivity index (χ0v) is 16.0. The maximum atomic E-state index is 13.0. The molecule has 0 bridgehead atoms. The second-order valence-corrected chi connectivity index (χ2v) is 7.09. The van der Waals surface area contributed by atoms with Crippen molar-refractivity contribution in [3.63, 3.8) is 0 Å². The quantitative estimate of drug-likeness (QED) is 0.683. The van der Waals surface area contributed by atoms with Crippen LogP contribution in [0.2, 0.25) is 0 Å². The van der Waals surface area contributed by atoms with E-state index in [1.54, 1.807) is 19.2 Å². The molecule has 0 atom stereocenters. The molecular weight excluding hydrogens is 344 g/mol. The van der Waals surface area contributed by atoms with E-state index in [-0.39, 0.29) is 17.3 Å². The van der Waals surface area contributed by atoms with Crippen LogP contribution in [0.15, 0.2) is 17.1 Å². The molecule has 2 aromatic rings. The van der Waals surface area contributed by atoms with E-state index in [0.717, 1.165) is 24.4 Å². The summed E-state index contributed by atoms with van der Waals surface area (Å²) in [5, 5.41) is 5.90. The van der Waals surface area contributed by atoms with Crippen LogP contribution in [0.25, 0.3) is 5.69 Å². The van der Waals surface area contributed by atoms with Gasteiger partial charge in [0.1, 0.15) is 5.82 Å². The molecule has 144 valence electrons. The van der Waals surface area contributed by atoms with Gasteiger partial charge >= 0.3 is 0 Å². The van der Waals surface area contributed by atoms with Crippen molar-refractivity contribution in [3.8, 4) is 5.69 Å². The van der Waals surface area contributed by atoms with Crippen molar-refractivity contribution < 1.29 is 4.79 Å². The van der Waals surface area contributed by atoms with Gasteiger partial charge in [-0.1, -0.05) is 12.8 Å². The Morgan fingerprint density at radius 2 is 2.11 bits per heavy atom. The van der Waals surface area contributed by atoms with Gasteiger partial charge in [0, 0.05) is 37.6 Å². The van der Waals surface area contributed by atoms with E-state index in [0.29, 0.717) is 29.4 Å². The number of amides is 1. The monoisotopic (exact) mass is 370 g/mol. The highest BCUT2D eigenvalue weighted by Crippen LogP contribution is 2.31. The summed E-state index contributed by atoms with van der Waals surface area (Å²) in [4.78, 5) is 32.8. The zero-order chi connectivity index (χ0) is 19.6. The molecule has 2 heterocycles. The Morgan fingerprint density at radius 1 is 1.37 bits per heavy atom. The minimum atomic E-state index is -0.256. The molecule has 8 heteroatoms. The van der Waals surface area contributed by atoms with Crippen molar-refractivity contribution >= 4 is 17.5 Å². The summed E-state index contributed by atoms with van der Waals surface area (Å²) in [5.41, 5.74) is 8.54. The molecule has 0 saturated heterocycles. The molecular formula is C19H26N6O2. The number of carbonyl (C=O) groups is 1. The fraction of sp³-hybridized carbons (Fsp3) is 0.474. The fourth-order valence-corrected chi connectivity index (χ4v) is 2.99. The van der Waals surface area contributed by atoms with Gasteiger partial charge < -0.3 is 16.4 Å². The number of rotatable bonds is 7. The van der Waals surface area contributed by atoms with Gasteiger partial charge in [0.2, 0.25) is 5.91 Å². The summed E-state index contributed by atoms with van der Waals surface area (Å²) in [7, 11) is 0. The molecule has 8 nitrogen and oxygen atoms in total. The standard InChI is InChI=1S/C19H26N6O2/c1-11-9-23-18(21-7-6-14-4-5-14)19(27)25(11)16-8-15(10-22-13(3)26)12(2)24-17(16)20/h8-9,14H,4-7,10H2,1-3H3,(H2,20,24)(H,21,23)(H,22,26). The number of pyridine rings is 1. The minimum Gasteiger partial charge on any atom is -0.382 e. The molecule has 0 unspecified atom stereocenters. The average molecular weight is 370 g/mol. The van der Waals surface area contributed by atoms with Crippen LogP contribution in [0.5, 0.6) is 0 Å². The van der Waals surface area contributed by atoms with Gasteiger partial charge in [-0.05, 0) is 37.8 Å². The van der Waals surface area contributed by atoms with Gasteiger partial charge in [-0.15, -0.1) is 0 Å². The molecule has 1 aliphatic carbocycles.